The van der Waals surface area contributed by atoms with Crippen molar-refractivity contribution in [2.45, 2.75) is 0 Å². The topological polar surface area (TPSA) is 0 Å². The SMILES string of the molecule is Fc1c(F)c(F)c(F)c(F)c1F.c1cc2ccc3cccc4ccc(c1)c2c34. The molecular weight excluding hydrogens is 378 g/mol. The lowest BCUT2D eigenvalue weighted by Crippen LogP contribution is -2.04. The molecular formula is C22H10F6. The first-order chi connectivity index (χ1) is 13.4. The maximum Gasteiger partial charge on any atom is 0.200 e. The molecule has 5 rings (SSSR count). The Labute approximate surface area is 155 Å². The molecule has 28 heavy (non-hydrogen) atoms. The van der Waals surface area contributed by atoms with E-state index in [-0.39, 0.29) is 0 Å². The molecule has 0 unspecified atom stereocenters. The molecule has 0 amide bonds. The fraction of sp³-hybridized carbons (Fsp3) is 0. The van der Waals surface area contributed by atoms with Gasteiger partial charge in [-0.1, -0.05) is 60.7 Å². The summed E-state index contributed by atoms with van der Waals surface area (Å²) < 4.78 is 72.2. The van der Waals surface area contributed by atoms with Crippen LogP contribution in [0, 0.1) is 34.9 Å². The third kappa shape index (κ3) is 2.72. The highest BCUT2D eigenvalue weighted by Crippen LogP contribution is 2.33. The highest BCUT2D eigenvalue weighted by atomic mass is 19.2. The Bertz CT molecular complexity index is 1090. The Kier molecular flexibility index (Phi) is 4.34. The van der Waals surface area contributed by atoms with Crippen LogP contribution in [0.3, 0.4) is 0 Å². The van der Waals surface area contributed by atoms with Gasteiger partial charge in [0, 0.05) is 0 Å². The molecule has 6 heteroatoms. The molecule has 5 aromatic carbocycles. The molecule has 0 aromatic heterocycles. The van der Waals surface area contributed by atoms with Crippen molar-refractivity contribution in [3.05, 3.63) is 95.6 Å². The normalized spacial score (nSPS) is 11.2. The second-order valence-electron chi connectivity index (χ2n) is 6.17. The fourth-order valence-corrected chi connectivity index (χ4v) is 3.25. The van der Waals surface area contributed by atoms with Crippen molar-refractivity contribution < 1.29 is 26.3 Å². The monoisotopic (exact) mass is 388 g/mol. The second kappa shape index (κ2) is 6.71. The Morgan fingerprint density at radius 1 is 0.321 bits per heavy atom. The second-order valence-corrected chi connectivity index (χ2v) is 6.17. The highest BCUT2D eigenvalue weighted by molar-refractivity contribution is 6.22. The largest absolute Gasteiger partial charge is 0.200 e. The molecule has 0 aliphatic rings. The molecule has 0 atom stereocenters. The summed E-state index contributed by atoms with van der Waals surface area (Å²) in [4.78, 5) is 0. The van der Waals surface area contributed by atoms with Crippen LogP contribution in [0.2, 0.25) is 0 Å². The minimum Gasteiger partial charge on any atom is -0.200 e. The van der Waals surface area contributed by atoms with Crippen molar-refractivity contribution in [1.82, 2.24) is 0 Å². The number of benzene rings is 5. The van der Waals surface area contributed by atoms with Gasteiger partial charge in [0.15, 0.2) is 0 Å². The number of hydrogen-bond donors (Lipinski definition) is 0. The van der Waals surface area contributed by atoms with E-state index in [4.69, 9.17) is 0 Å². The molecule has 0 spiro atoms. The first kappa shape index (κ1) is 18.1. The number of hydrogen-bond acceptors (Lipinski definition) is 0. The molecule has 0 aliphatic heterocycles. The van der Waals surface area contributed by atoms with Gasteiger partial charge in [-0.2, -0.15) is 0 Å². The summed E-state index contributed by atoms with van der Waals surface area (Å²) in [6.45, 7) is 0. The van der Waals surface area contributed by atoms with E-state index in [1.54, 1.807) is 0 Å². The van der Waals surface area contributed by atoms with Crippen LogP contribution in [0.4, 0.5) is 26.3 Å². The van der Waals surface area contributed by atoms with Crippen molar-refractivity contribution in [1.29, 1.82) is 0 Å². The quantitative estimate of drug-likeness (QED) is 0.115. The van der Waals surface area contributed by atoms with E-state index in [0.29, 0.717) is 0 Å². The van der Waals surface area contributed by atoms with Crippen LogP contribution in [0.5, 0.6) is 0 Å². The van der Waals surface area contributed by atoms with Crippen LogP contribution >= 0.6 is 0 Å². The van der Waals surface area contributed by atoms with Gasteiger partial charge >= 0.3 is 0 Å². The molecule has 0 heterocycles. The predicted octanol–water partition coefficient (Wildman–Crippen LogP) is 7.11. The Balaban J connectivity index is 0.000000145. The van der Waals surface area contributed by atoms with Gasteiger partial charge in [0.05, 0.1) is 0 Å². The third-order valence-corrected chi connectivity index (χ3v) is 4.55. The maximum absolute atomic E-state index is 12.0. The Morgan fingerprint density at radius 2 is 0.536 bits per heavy atom. The summed E-state index contributed by atoms with van der Waals surface area (Å²) in [6, 6.07) is 21.9. The van der Waals surface area contributed by atoms with Crippen LogP contribution < -0.4 is 0 Å². The first-order valence-electron chi connectivity index (χ1n) is 8.19. The minimum atomic E-state index is -2.37. The molecule has 0 nitrogen and oxygen atoms in total. The van der Waals surface area contributed by atoms with Crippen LogP contribution in [0.1, 0.15) is 0 Å². The van der Waals surface area contributed by atoms with Gasteiger partial charge in [-0.05, 0) is 32.3 Å². The lowest BCUT2D eigenvalue weighted by atomic mass is 9.95. The van der Waals surface area contributed by atoms with E-state index >= 15 is 0 Å². The summed E-state index contributed by atoms with van der Waals surface area (Å²) in [7, 11) is 0. The van der Waals surface area contributed by atoms with Crippen LogP contribution in [0.15, 0.2) is 60.7 Å². The average molecular weight is 388 g/mol. The Morgan fingerprint density at radius 3 is 0.750 bits per heavy atom. The molecule has 0 radical (unpaired) electrons. The zero-order chi connectivity index (χ0) is 20.0. The molecule has 0 N–H and O–H groups in total. The van der Waals surface area contributed by atoms with Gasteiger partial charge in [0.1, 0.15) is 0 Å². The minimum absolute atomic E-state index is 1.34. The van der Waals surface area contributed by atoms with Crippen LogP contribution in [-0.2, 0) is 0 Å². The van der Waals surface area contributed by atoms with Gasteiger partial charge in [0.25, 0.3) is 0 Å². The first-order valence-corrected chi connectivity index (χ1v) is 8.19. The predicted molar refractivity (Wildman–Crippen MR) is 96.3 cm³/mol. The van der Waals surface area contributed by atoms with E-state index in [1.165, 1.54) is 32.3 Å². The summed E-state index contributed by atoms with van der Waals surface area (Å²) in [5, 5.41) is 8.14. The summed E-state index contributed by atoms with van der Waals surface area (Å²) in [5.41, 5.74) is 0. The highest BCUT2D eigenvalue weighted by Gasteiger charge is 2.25. The van der Waals surface area contributed by atoms with Crippen LogP contribution in [0.25, 0.3) is 32.3 Å². The van der Waals surface area contributed by atoms with E-state index in [9.17, 15) is 26.3 Å². The molecule has 0 bridgehead atoms. The van der Waals surface area contributed by atoms with E-state index < -0.39 is 34.9 Å². The van der Waals surface area contributed by atoms with Crippen molar-refractivity contribution in [3.8, 4) is 0 Å². The lowest BCUT2D eigenvalue weighted by molar-refractivity contribution is 0.334. The van der Waals surface area contributed by atoms with Gasteiger partial charge < -0.3 is 0 Å². The van der Waals surface area contributed by atoms with Crippen LogP contribution in [-0.4, -0.2) is 0 Å². The van der Waals surface area contributed by atoms with Gasteiger partial charge in [-0.3, -0.25) is 0 Å². The molecule has 5 aromatic rings. The third-order valence-electron chi connectivity index (χ3n) is 4.55. The van der Waals surface area contributed by atoms with E-state index in [1.807, 2.05) is 0 Å². The Hall–Kier alpha value is -3.28. The maximum atomic E-state index is 12.0. The number of rotatable bonds is 0. The lowest BCUT2D eigenvalue weighted by Gasteiger charge is -2.09. The van der Waals surface area contributed by atoms with Crippen molar-refractivity contribution in [3.63, 3.8) is 0 Å². The van der Waals surface area contributed by atoms with E-state index in [2.05, 4.69) is 60.7 Å². The van der Waals surface area contributed by atoms with Gasteiger partial charge in [-0.15, -0.1) is 0 Å². The van der Waals surface area contributed by atoms with Gasteiger partial charge in [0.2, 0.25) is 34.9 Å². The molecule has 0 saturated carbocycles. The van der Waals surface area contributed by atoms with Crippen molar-refractivity contribution in [2.24, 2.45) is 0 Å². The zero-order valence-electron chi connectivity index (χ0n) is 14.0. The zero-order valence-corrected chi connectivity index (χ0v) is 14.0. The summed E-state index contributed by atoms with van der Waals surface area (Å²) in [6.07, 6.45) is 0. The fourth-order valence-electron chi connectivity index (χ4n) is 3.25. The molecule has 0 aliphatic carbocycles. The summed E-state index contributed by atoms with van der Waals surface area (Å²) in [5.74, 6) is -14.2. The smallest absolute Gasteiger partial charge is 0.200 e. The number of halogens is 6. The molecule has 0 saturated heterocycles. The van der Waals surface area contributed by atoms with Crippen molar-refractivity contribution in [2.75, 3.05) is 0 Å². The van der Waals surface area contributed by atoms with Crippen molar-refractivity contribution >= 4 is 32.3 Å². The molecule has 0 fully saturated rings. The summed E-state index contributed by atoms with van der Waals surface area (Å²) >= 11 is 0. The average Bonchev–Trinajstić information content (AvgIpc) is 2.74. The van der Waals surface area contributed by atoms with E-state index in [0.717, 1.165) is 0 Å². The molecule has 140 valence electrons. The van der Waals surface area contributed by atoms with Gasteiger partial charge in [-0.25, -0.2) is 26.3 Å². The standard InChI is InChI=1S/C16H10.C6F6/c1-3-11-7-9-13-5-2-6-14-10-8-12(4-1)15(11)16(13)14;7-1-2(8)4(10)6(12)5(11)3(1)9/h1-10H;.